The van der Waals surface area contributed by atoms with E-state index < -0.39 is 0 Å². The maximum atomic E-state index is 7.09. The quantitative estimate of drug-likeness (QED) is 0.142. The van der Waals surface area contributed by atoms with Crippen LogP contribution in [-0.2, 0) is 0 Å². The zero-order chi connectivity index (χ0) is 78.6. The second kappa shape index (κ2) is 26.9. The highest BCUT2D eigenvalue weighted by molar-refractivity contribution is 6.32. The summed E-state index contributed by atoms with van der Waals surface area (Å²) in [5, 5.41) is 28.3. The number of benzene rings is 22. The van der Waals surface area contributed by atoms with Gasteiger partial charge in [-0.3, -0.25) is 0 Å². The minimum Gasteiger partial charge on any atom is -0.456 e. The Kier molecular flexibility index (Phi) is 15.1. The molecule has 26 aromatic rings. The Hall–Kier alpha value is -15.9. The first-order valence-corrected chi connectivity index (χ1v) is 41.2. The fraction of sp³-hybridized carbons (Fsp3) is 0. The molecule has 4 heterocycles. The molecule has 0 amide bonds. The smallest absolute Gasteiger partial charge is 0.143 e. The number of hydrogen-bond donors (Lipinski definition) is 0. The summed E-state index contributed by atoms with van der Waals surface area (Å²) in [6.45, 7) is 0. The molecule has 26 rings (SSSR count). The van der Waals surface area contributed by atoms with Crippen molar-refractivity contribution in [1.29, 1.82) is 0 Å². The Morgan fingerprint density at radius 3 is 0.733 bits per heavy atom. The van der Waals surface area contributed by atoms with Crippen molar-refractivity contribution in [3.05, 3.63) is 413 Å². The van der Waals surface area contributed by atoms with Crippen molar-refractivity contribution in [2.45, 2.75) is 0 Å². The van der Waals surface area contributed by atoms with E-state index in [4.69, 9.17) is 17.7 Å². The highest BCUT2D eigenvalue weighted by Gasteiger charge is 2.28. The van der Waals surface area contributed by atoms with E-state index in [9.17, 15) is 0 Å². The van der Waals surface area contributed by atoms with Crippen molar-refractivity contribution < 1.29 is 17.7 Å². The van der Waals surface area contributed by atoms with Gasteiger partial charge in [-0.25, -0.2) is 0 Å². The molecule has 0 atom stereocenters. The van der Waals surface area contributed by atoms with E-state index in [1.807, 2.05) is 24.3 Å². The molecule has 0 aliphatic rings. The highest BCUT2D eigenvalue weighted by atomic mass is 16.3. The Balaban J connectivity index is 0.000000133. The SMILES string of the molecule is c1ccc(-c2c3ccccc3c(-c3cccc4c3oc3cccc(-c5c6ccccc6c(-c6ccc7c(c6)oc6ccccc67)c6ccccc56)c34)c3ccccc23)cc1.c1ccc(-c2c3ccccc3c(-c3cccc4c3oc3cccc(-c5c6ccccc6c(-c6ccc7oc8ccccc8c7c6)c6ccccc56)c34)c3ccccc23)cc1. The number of para-hydroxylation sites is 4. The van der Waals surface area contributed by atoms with Crippen LogP contribution in [0.15, 0.2) is 430 Å². The minimum absolute atomic E-state index is 0.872. The van der Waals surface area contributed by atoms with Gasteiger partial charge in [-0.1, -0.05) is 364 Å². The van der Waals surface area contributed by atoms with Gasteiger partial charge in [0.05, 0.1) is 0 Å². The van der Waals surface area contributed by atoms with Gasteiger partial charge in [0.15, 0.2) is 0 Å². The Bertz CT molecular complexity index is 8560. The second-order valence-corrected chi connectivity index (χ2v) is 31.6. The lowest BCUT2D eigenvalue weighted by Gasteiger charge is -2.18. The third-order valence-corrected chi connectivity index (χ3v) is 25.3. The van der Waals surface area contributed by atoms with E-state index >= 15 is 0 Å². The maximum absolute atomic E-state index is 7.09. The van der Waals surface area contributed by atoms with Crippen molar-refractivity contribution in [3.8, 4) is 89.0 Å². The van der Waals surface area contributed by atoms with Crippen LogP contribution >= 0.6 is 0 Å². The van der Waals surface area contributed by atoms with Crippen molar-refractivity contribution in [3.63, 3.8) is 0 Å². The van der Waals surface area contributed by atoms with E-state index in [0.717, 1.165) is 116 Å². The average Bonchev–Trinajstić information content (AvgIpc) is 1.32. The largest absolute Gasteiger partial charge is 0.456 e. The van der Waals surface area contributed by atoms with Crippen molar-refractivity contribution in [2.75, 3.05) is 0 Å². The average molecular weight is 1530 g/mol. The summed E-state index contributed by atoms with van der Waals surface area (Å²) >= 11 is 0. The second-order valence-electron chi connectivity index (χ2n) is 31.6. The maximum Gasteiger partial charge on any atom is 0.143 e. The molecule has 4 aromatic heterocycles. The molecule has 0 saturated carbocycles. The summed E-state index contributed by atoms with van der Waals surface area (Å²) in [4.78, 5) is 0. The van der Waals surface area contributed by atoms with E-state index in [1.165, 1.54) is 147 Å². The summed E-state index contributed by atoms with van der Waals surface area (Å²) in [6.07, 6.45) is 0. The van der Waals surface area contributed by atoms with Gasteiger partial charge in [-0.2, -0.15) is 0 Å². The van der Waals surface area contributed by atoms with E-state index in [1.54, 1.807) is 0 Å². The predicted molar refractivity (Wildman–Crippen MR) is 506 cm³/mol. The molecule has 0 spiro atoms. The van der Waals surface area contributed by atoms with Crippen LogP contribution in [0, 0.1) is 0 Å². The van der Waals surface area contributed by atoms with Crippen LogP contribution in [0.4, 0.5) is 0 Å². The summed E-state index contributed by atoms with van der Waals surface area (Å²) < 4.78 is 26.8. The van der Waals surface area contributed by atoms with Gasteiger partial charge in [0.1, 0.15) is 44.7 Å². The molecule has 0 aliphatic heterocycles. The summed E-state index contributed by atoms with van der Waals surface area (Å²) in [5.41, 5.74) is 26.1. The first-order valence-electron chi connectivity index (χ1n) is 41.2. The molecule has 0 bridgehead atoms. The molecule has 556 valence electrons. The molecular weight excluding hydrogens is 1460 g/mol. The number of rotatable bonds is 8. The van der Waals surface area contributed by atoms with E-state index in [0.29, 0.717) is 0 Å². The van der Waals surface area contributed by atoms with Crippen molar-refractivity contribution >= 4 is 174 Å². The van der Waals surface area contributed by atoms with Gasteiger partial charge >= 0.3 is 0 Å². The van der Waals surface area contributed by atoms with Crippen LogP contribution in [-0.4, -0.2) is 0 Å². The molecule has 4 heteroatoms. The van der Waals surface area contributed by atoms with Crippen LogP contribution in [0.25, 0.3) is 263 Å². The molecule has 22 aromatic carbocycles. The van der Waals surface area contributed by atoms with Crippen LogP contribution < -0.4 is 0 Å². The molecule has 0 radical (unpaired) electrons. The number of furan rings is 4. The molecule has 0 aliphatic carbocycles. The van der Waals surface area contributed by atoms with Gasteiger partial charge in [-0.05, 0) is 201 Å². The fourth-order valence-electron chi connectivity index (χ4n) is 20.4. The normalized spacial score (nSPS) is 12.0. The lowest BCUT2D eigenvalue weighted by molar-refractivity contribution is 0.668. The van der Waals surface area contributed by atoms with Gasteiger partial charge < -0.3 is 17.7 Å². The minimum atomic E-state index is 0.872. The van der Waals surface area contributed by atoms with Crippen LogP contribution in [0.1, 0.15) is 0 Å². The van der Waals surface area contributed by atoms with Gasteiger partial charge in [-0.15, -0.1) is 0 Å². The predicted octanol–water partition coefficient (Wildman–Crippen LogP) is 33.5. The molecule has 0 fully saturated rings. The highest BCUT2D eigenvalue weighted by Crippen LogP contribution is 2.55. The Morgan fingerprint density at radius 2 is 0.358 bits per heavy atom. The van der Waals surface area contributed by atoms with E-state index in [2.05, 4.69) is 388 Å². The lowest BCUT2D eigenvalue weighted by atomic mass is 9.84. The van der Waals surface area contributed by atoms with Crippen LogP contribution in [0.5, 0.6) is 0 Å². The third kappa shape index (κ3) is 10.2. The third-order valence-electron chi connectivity index (χ3n) is 25.3. The molecule has 0 N–H and O–H groups in total. The Labute approximate surface area is 688 Å². The van der Waals surface area contributed by atoms with Gasteiger partial charge in [0.25, 0.3) is 0 Å². The van der Waals surface area contributed by atoms with Crippen molar-refractivity contribution in [2.24, 2.45) is 0 Å². The van der Waals surface area contributed by atoms with E-state index in [-0.39, 0.29) is 0 Å². The number of hydrogen-bond acceptors (Lipinski definition) is 4. The molecular formula is C116H68O4. The van der Waals surface area contributed by atoms with Crippen LogP contribution in [0.3, 0.4) is 0 Å². The molecule has 120 heavy (non-hydrogen) atoms. The summed E-state index contributed by atoms with van der Waals surface area (Å²) in [6, 6.07) is 149. The lowest BCUT2D eigenvalue weighted by Crippen LogP contribution is -1.91. The number of fused-ring (bicyclic) bond motifs is 20. The van der Waals surface area contributed by atoms with Gasteiger partial charge in [0, 0.05) is 65.3 Å². The Morgan fingerprint density at radius 1 is 0.117 bits per heavy atom. The summed E-state index contributed by atoms with van der Waals surface area (Å²) in [5.74, 6) is 0. The molecule has 4 nitrogen and oxygen atoms in total. The molecule has 0 unspecified atom stereocenters. The monoisotopic (exact) mass is 1520 g/mol. The van der Waals surface area contributed by atoms with Gasteiger partial charge in [0.2, 0.25) is 0 Å². The fourth-order valence-corrected chi connectivity index (χ4v) is 20.4. The summed E-state index contributed by atoms with van der Waals surface area (Å²) in [7, 11) is 0. The topological polar surface area (TPSA) is 52.6 Å². The first kappa shape index (κ1) is 67.5. The zero-order valence-corrected chi connectivity index (χ0v) is 64.9. The van der Waals surface area contributed by atoms with Crippen LogP contribution in [0.2, 0.25) is 0 Å². The molecule has 0 saturated heterocycles. The standard InChI is InChI=1S/2C58H34O2/c1-2-16-35(17-3-1)53-39-19-4-10-25-45(39)56(46-26-11-5-20-40(46)53)48-28-14-29-49-57-47(27-15-31-51(57)60-58(48)49)55-43-23-8-6-21-41(43)54(42-22-7-9-24-44(42)55)36-32-33-38-37-18-12-13-30-50(37)59-52(38)34-36;1-2-16-35(17-3-1)53-38-19-4-10-25-44(38)56(45-26-11-5-20-39(45)53)47-28-14-29-48-57-46(27-15-31-52(57)60-58(47)48)55-42-23-8-6-21-40(42)54(41-22-7-9-24-43(41)55)36-32-33-51-49(34-36)37-18-12-13-30-50(37)59-51/h2*1-34H. The first-order chi connectivity index (χ1) is 59.6. The zero-order valence-electron chi connectivity index (χ0n) is 64.9. The van der Waals surface area contributed by atoms with Crippen molar-refractivity contribution in [1.82, 2.24) is 0 Å².